The van der Waals surface area contributed by atoms with Gasteiger partial charge in [0, 0.05) is 18.7 Å². The number of phenolic OH excluding ortho intramolecular Hbond substituents is 1. The molecule has 0 bridgehead atoms. The second-order valence-corrected chi connectivity index (χ2v) is 6.87. The van der Waals surface area contributed by atoms with Crippen molar-refractivity contribution in [2.24, 2.45) is 5.92 Å². The molecule has 0 unspecified atom stereocenters. The highest BCUT2D eigenvalue weighted by Gasteiger charge is 2.24. The van der Waals surface area contributed by atoms with Crippen LogP contribution in [0.2, 0.25) is 0 Å². The number of nitrogens with zero attached hydrogens (tertiary/aromatic N) is 1. The Morgan fingerprint density at radius 3 is 2.48 bits per heavy atom. The van der Waals surface area contributed by atoms with Crippen LogP contribution in [0.25, 0.3) is 11.1 Å². The molecule has 0 radical (unpaired) electrons. The summed E-state index contributed by atoms with van der Waals surface area (Å²) in [5, 5.41) is 10.5. The van der Waals surface area contributed by atoms with E-state index in [2.05, 4.69) is 6.07 Å². The number of carbonyl (C=O) groups excluding carboxylic acids is 1. The minimum atomic E-state index is -0.216. The molecule has 1 saturated heterocycles. The topological polar surface area (TPSA) is 59.0 Å². The normalized spacial score (nSPS) is 14.8. The number of hydrogen-bond acceptors (Lipinski definition) is 4. The van der Waals surface area contributed by atoms with Crippen molar-refractivity contribution in [3.63, 3.8) is 0 Å². The van der Waals surface area contributed by atoms with Crippen molar-refractivity contribution in [3.8, 4) is 22.6 Å². The lowest BCUT2D eigenvalue weighted by molar-refractivity contribution is 0.0918. The Bertz CT molecular complexity index is 764. The molecule has 2 aromatic carbocycles. The van der Waals surface area contributed by atoms with E-state index in [1.807, 2.05) is 37.3 Å². The van der Waals surface area contributed by atoms with Crippen LogP contribution in [0.3, 0.4) is 0 Å². The number of likely N-dealkylation sites (tertiary alicyclic amines) is 1. The van der Waals surface area contributed by atoms with Crippen LogP contribution in [-0.2, 0) is 11.2 Å². The van der Waals surface area contributed by atoms with Crippen molar-refractivity contribution >= 4 is 6.09 Å². The van der Waals surface area contributed by atoms with Gasteiger partial charge in [-0.1, -0.05) is 24.3 Å². The summed E-state index contributed by atoms with van der Waals surface area (Å²) in [6.07, 6.45) is 2.55. The molecule has 1 aliphatic heterocycles. The highest BCUT2D eigenvalue weighted by Crippen LogP contribution is 2.36. The fourth-order valence-electron chi connectivity index (χ4n) is 3.69. The number of aromatic hydroxyl groups is 1. The molecular weight excluding hydrogens is 342 g/mol. The molecule has 1 N–H and O–H groups in total. The van der Waals surface area contributed by atoms with Gasteiger partial charge >= 0.3 is 6.09 Å². The number of ether oxygens (including phenoxy) is 2. The number of benzene rings is 2. The summed E-state index contributed by atoms with van der Waals surface area (Å²) in [6.45, 7) is 3.68. The summed E-state index contributed by atoms with van der Waals surface area (Å²) in [6, 6.07) is 13.5. The van der Waals surface area contributed by atoms with Crippen LogP contribution < -0.4 is 4.74 Å². The van der Waals surface area contributed by atoms with Gasteiger partial charge in [-0.25, -0.2) is 4.79 Å². The first kappa shape index (κ1) is 19.1. The minimum Gasteiger partial charge on any atom is -0.507 e. The fourth-order valence-corrected chi connectivity index (χ4v) is 3.69. The van der Waals surface area contributed by atoms with E-state index in [1.165, 1.54) is 0 Å². The van der Waals surface area contributed by atoms with E-state index < -0.39 is 0 Å². The van der Waals surface area contributed by atoms with E-state index >= 15 is 0 Å². The molecule has 2 aromatic rings. The largest absolute Gasteiger partial charge is 0.507 e. The highest BCUT2D eigenvalue weighted by molar-refractivity contribution is 5.74. The third kappa shape index (κ3) is 4.54. The lowest BCUT2D eigenvalue weighted by atomic mass is 9.86. The first-order valence-corrected chi connectivity index (χ1v) is 9.49. The molecule has 1 fully saturated rings. The summed E-state index contributed by atoms with van der Waals surface area (Å²) in [5.41, 5.74) is 3.00. The number of hydrogen-bond donors (Lipinski definition) is 1. The Morgan fingerprint density at radius 2 is 1.85 bits per heavy atom. The molecular formula is C22H27NO4. The highest BCUT2D eigenvalue weighted by atomic mass is 16.6. The summed E-state index contributed by atoms with van der Waals surface area (Å²) in [4.78, 5) is 13.6. The maximum atomic E-state index is 11.9. The van der Waals surface area contributed by atoms with Crippen LogP contribution >= 0.6 is 0 Å². The molecule has 5 heteroatoms. The molecule has 0 aromatic heterocycles. The first-order valence-electron chi connectivity index (χ1n) is 9.49. The molecule has 0 aliphatic carbocycles. The zero-order valence-corrected chi connectivity index (χ0v) is 16.0. The maximum absolute atomic E-state index is 11.9. The maximum Gasteiger partial charge on any atom is 0.409 e. The van der Waals surface area contributed by atoms with Crippen LogP contribution in [0.4, 0.5) is 4.79 Å². The van der Waals surface area contributed by atoms with Crippen LogP contribution in [0.5, 0.6) is 11.5 Å². The van der Waals surface area contributed by atoms with Gasteiger partial charge in [-0.05, 0) is 61.4 Å². The average molecular weight is 369 g/mol. The van der Waals surface area contributed by atoms with Gasteiger partial charge in [-0.2, -0.15) is 0 Å². The van der Waals surface area contributed by atoms with E-state index in [1.54, 1.807) is 18.1 Å². The zero-order chi connectivity index (χ0) is 19.2. The van der Waals surface area contributed by atoms with Crippen molar-refractivity contribution in [3.05, 3.63) is 48.0 Å². The Morgan fingerprint density at radius 1 is 1.15 bits per heavy atom. The summed E-state index contributed by atoms with van der Waals surface area (Å²) in [7, 11) is 1.64. The smallest absolute Gasteiger partial charge is 0.409 e. The van der Waals surface area contributed by atoms with E-state index in [4.69, 9.17) is 9.47 Å². The van der Waals surface area contributed by atoms with Crippen molar-refractivity contribution in [1.82, 2.24) is 4.90 Å². The molecule has 0 saturated carbocycles. The van der Waals surface area contributed by atoms with Crippen molar-refractivity contribution < 1.29 is 19.4 Å². The van der Waals surface area contributed by atoms with Crippen molar-refractivity contribution in [1.29, 1.82) is 0 Å². The van der Waals surface area contributed by atoms with Gasteiger partial charge in [-0.3, -0.25) is 0 Å². The Balaban J connectivity index is 1.72. The standard InChI is InChI=1S/C22H27NO4/c1-3-27-22(25)23-13-11-16(12-14-23)15-18-5-4-6-20(24)21(18)17-7-9-19(26-2)10-8-17/h4-10,16,24H,3,11-15H2,1-2H3. The Labute approximate surface area is 160 Å². The van der Waals surface area contributed by atoms with Gasteiger partial charge in [0.25, 0.3) is 0 Å². The van der Waals surface area contributed by atoms with Gasteiger partial charge < -0.3 is 19.5 Å². The molecule has 5 nitrogen and oxygen atoms in total. The molecule has 27 heavy (non-hydrogen) atoms. The van der Waals surface area contributed by atoms with E-state index in [9.17, 15) is 9.90 Å². The second kappa shape index (κ2) is 8.80. The van der Waals surface area contributed by atoms with Crippen LogP contribution in [0, 0.1) is 5.92 Å². The van der Waals surface area contributed by atoms with Crippen molar-refractivity contribution in [2.45, 2.75) is 26.2 Å². The predicted octanol–water partition coefficient (Wildman–Crippen LogP) is 4.48. The van der Waals surface area contributed by atoms with Gasteiger partial charge in [0.1, 0.15) is 11.5 Å². The number of piperidine rings is 1. The number of rotatable bonds is 5. The van der Waals surface area contributed by atoms with Crippen LogP contribution in [0.1, 0.15) is 25.3 Å². The fraction of sp³-hybridized carbons (Fsp3) is 0.409. The quantitative estimate of drug-likeness (QED) is 0.844. The van der Waals surface area contributed by atoms with Gasteiger partial charge in [0.05, 0.1) is 13.7 Å². The van der Waals surface area contributed by atoms with Crippen LogP contribution in [0.15, 0.2) is 42.5 Å². The number of methoxy groups -OCH3 is 1. The number of carbonyl (C=O) groups is 1. The molecule has 1 heterocycles. The predicted molar refractivity (Wildman–Crippen MR) is 105 cm³/mol. The third-order valence-corrected chi connectivity index (χ3v) is 5.16. The van der Waals surface area contributed by atoms with Crippen molar-refractivity contribution in [2.75, 3.05) is 26.8 Å². The lowest BCUT2D eigenvalue weighted by Crippen LogP contribution is -2.39. The molecule has 1 aliphatic rings. The number of amides is 1. The van der Waals surface area contributed by atoms with Crippen LogP contribution in [-0.4, -0.2) is 42.9 Å². The minimum absolute atomic E-state index is 0.216. The first-order chi connectivity index (χ1) is 13.1. The molecule has 3 rings (SSSR count). The molecule has 0 atom stereocenters. The molecule has 1 amide bonds. The van der Waals surface area contributed by atoms with E-state index in [0.717, 1.165) is 54.8 Å². The Hall–Kier alpha value is -2.69. The SMILES string of the molecule is CCOC(=O)N1CCC(Cc2cccc(O)c2-c2ccc(OC)cc2)CC1. The molecule has 0 spiro atoms. The monoisotopic (exact) mass is 369 g/mol. The lowest BCUT2D eigenvalue weighted by Gasteiger charge is -2.31. The van der Waals surface area contributed by atoms with E-state index in [-0.39, 0.29) is 6.09 Å². The average Bonchev–Trinajstić information content (AvgIpc) is 2.69. The second-order valence-electron chi connectivity index (χ2n) is 6.87. The third-order valence-electron chi connectivity index (χ3n) is 5.16. The molecule has 144 valence electrons. The summed E-state index contributed by atoms with van der Waals surface area (Å²) in [5.74, 6) is 1.57. The van der Waals surface area contributed by atoms with E-state index in [0.29, 0.717) is 18.3 Å². The summed E-state index contributed by atoms with van der Waals surface area (Å²) >= 11 is 0. The van der Waals surface area contributed by atoms with Gasteiger partial charge in [0.2, 0.25) is 0 Å². The Kier molecular flexibility index (Phi) is 6.22. The number of phenols is 1. The zero-order valence-electron chi connectivity index (χ0n) is 16.0. The van der Waals surface area contributed by atoms with Gasteiger partial charge in [-0.15, -0.1) is 0 Å². The summed E-state index contributed by atoms with van der Waals surface area (Å²) < 4.78 is 10.3. The van der Waals surface area contributed by atoms with Gasteiger partial charge in [0.15, 0.2) is 0 Å².